The number of hydrogen-bond donors (Lipinski definition) is 2. The number of ether oxygens (including phenoxy) is 1. The Morgan fingerprint density at radius 2 is 2.27 bits per heavy atom. The van der Waals surface area contributed by atoms with Gasteiger partial charge >= 0.3 is 5.97 Å². The molecule has 0 spiro atoms. The van der Waals surface area contributed by atoms with Crippen molar-refractivity contribution in [3.05, 3.63) is 29.8 Å². The summed E-state index contributed by atoms with van der Waals surface area (Å²) in [5.41, 5.74) is 0.963. The SMILES string of the molecule is COc1cccc(CNC(=O)C(C)N2CCC(C(=O)O)C2)c1. The van der Waals surface area contributed by atoms with Crippen LogP contribution < -0.4 is 10.1 Å². The summed E-state index contributed by atoms with van der Waals surface area (Å²) in [5.74, 6) is -0.488. The van der Waals surface area contributed by atoms with E-state index in [-0.39, 0.29) is 17.9 Å². The number of methoxy groups -OCH3 is 1. The average Bonchev–Trinajstić information content (AvgIpc) is 3.02. The molecule has 0 bridgehead atoms. The Labute approximate surface area is 130 Å². The van der Waals surface area contributed by atoms with Crippen LogP contribution in [0.4, 0.5) is 0 Å². The lowest BCUT2D eigenvalue weighted by Gasteiger charge is -2.23. The van der Waals surface area contributed by atoms with E-state index in [1.807, 2.05) is 36.1 Å². The minimum atomic E-state index is -0.786. The molecule has 0 aliphatic carbocycles. The van der Waals surface area contributed by atoms with E-state index in [1.165, 1.54) is 0 Å². The Bertz CT molecular complexity index is 547. The average molecular weight is 306 g/mol. The molecule has 1 aliphatic rings. The van der Waals surface area contributed by atoms with E-state index >= 15 is 0 Å². The van der Waals surface area contributed by atoms with Gasteiger partial charge in [-0.25, -0.2) is 0 Å². The van der Waals surface area contributed by atoms with Crippen LogP contribution in [-0.2, 0) is 16.1 Å². The molecule has 22 heavy (non-hydrogen) atoms. The number of carboxylic acids is 1. The Kier molecular flexibility index (Phi) is 5.38. The molecule has 1 heterocycles. The van der Waals surface area contributed by atoms with Crippen molar-refractivity contribution in [1.29, 1.82) is 0 Å². The summed E-state index contributed by atoms with van der Waals surface area (Å²) < 4.78 is 5.15. The monoisotopic (exact) mass is 306 g/mol. The van der Waals surface area contributed by atoms with Crippen LogP contribution in [0.3, 0.4) is 0 Å². The number of hydrogen-bond acceptors (Lipinski definition) is 4. The number of nitrogens with one attached hydrogen (secondary N) is 1. The fourth-order valence-electron chi connectivity index (χ4n) is 2.63. The maximum absolute atomic E-state index is 12.2. The van der Waals surface area contributed by atoms with Gasteiger partial charge in [-0.15, -0.1) is 0 Å². The molecular formula is C16H22N2O4. The van der Waals surface area contributed by atoms with Crippen molar-refractivity contribution < 1.29 is 19.4 Å². The molecule has 6 heteroatoms. The topological polar surface area (TPSA) is 78.9 Å². The van der Waals surface area contributed by atoms with Crippen LogP contribution in [0.2, 0.25) is 0 Å². The number of carboxylic acid groups (broad SMARTS) is 1. The first kappa shape index (κ1) is 16.3. The van der Waals surface area contributed by atoms with Gasteiger partial charge in [0.25, 0.3) is 0 Å². The minimum Gasteiger partial charge on any atom is -0.497 e. The van der Waals surface area contributed by atoms with E-state index < -0.39 is 5.97 Å². The maximum Gasteiger partial charge on any atom is 0.307 e. The van der Waals surface area contributed by atoms with Crippen LogP contribution in [0.25, 0.3) is 0 Å². The second-order valence-corrected chi connectivity index (χ2v) is 5.56. The highest BCUT2D eigenvalue weighted by molar-refractivity contribution is 5.81. The van der Waals surface area contributed by atoms with E-state index in [2.05, 4.69) is 5.32 Å². The molecule has 120 valence electrons. The maximum atomic E-state index is 12.2. The van der Waals surface area contributed by atoms with Gasteiger partial charge in [0.05, 0.1) is 19.1 Å². The highest BCUT2D eigenvalue weighted by atomic mass is 16.5. The Morgan fingerprint density at radius 3 is 2.91 bits per heavy atom. The highest BCUT2D eigenvalue weighted by Crippen LogP contribution is 2.19. The normalized spacial score (nSPS) is 19.6. The Hall–Kier alpha value is -2.08. The fourth-order valence-corrected chi connectivity index (χ4v) is 2.63. The van der Waals surface area contributed by atoms with Gasteiger partial charge in [-0.3, -0.25) is 14.5 Å². The molecule has 2 atom stereocenters. The van der Waals surface area contributed by atoms with Crippen LogP contribution >= 0.6 is 0 Å². The number of aliphatic carboxylic acids is 1. The van der Waals surface area contributed by atoms with Gasteiger partial charge < -0.3 is 15.2 Å². The zero-order valence-electron chi connectivity index (χ0n) is 12.9. The van der Waals surface area contributed by atoms with Gasteiger partial charge in [0.2, 0.25) is 5.91 Å². The minimum absolute atomic E-state index is 0.0890. The Balaban J connectivity index is 1.85. The molecule has 1 fully saturated rings. The van der Waals surface area contributed by atoms with Crippen molar-refractivity contribution in [2.45, 2.75) is 25.9 Å². The van der Waals surface area contributed by atoms with E-state index in [0.29, 0.717) is 26.1 Å². The standard InChI is InChI=1S/C16H22N2O4/c1-11(18-7-6-13(10-18)16(20)21)15(19)17-9-12-4-3-5-14(8-12)22-2/h3-5,8,11,13H,6-7,9-10H2,1-2H3,(H,17,19)(H,20,21). The summed E-state index contributed by atoms with van der Waals surface area (Å²) in [4.78, 5) is 25.1. The molecule has 6 nitrogen and oxygen atoms in total. The number of rotatable bonds is 6. The van der Waals surface area contributed by atoms with E-state index in [4.69, 9.17) is 9.84 Å². The van der Waals surface area contributed by atoms with Crippen molar-refractivity contribution >= 4 is 11.9 Å². The number of likely N-dealkylation sites (tertiary alicyclic amines) is 1. The first-order valence-electron chi connectivity index (χ1n) is 7.38. The molecule has 1 aliphatic heterocycles. The van der Waals surface area contributed by atoms with Crippen molar-refractivity contribution in [2.24, 2.45) is 5.92 Å². The third kappa shape index (κ3) is 3.98. The largest absolute Gasteiger partial charge is 0.497 e. The number of amides is 1. The summed E-state index contributed by atoms with van der Waals surface area (Å²) >= 11 is 0. The highest BCUT2D eigenvalue weighted by Gasteiger charge is 2.32. The number of carbonyl (C=O) groups excluding carboxylic acids is 1. The van der Waals surface area contributed by atoms with Gasteiger partial charge in [0, 0.05) is 13.1 Å². The van der Waals surface area contributed by atoms with Gasteiger partial charge in [-0.1, -0.05) is 12.1 Å². The van der Waals surface area contributed by atoms with Crippen LogP contribution in [0.5, 0.6) is 5.75 Å². The quantitative estimate of drug-likeness (QED) is 0.823. The molecule has 2 N–H and O–H groups in total. The van der Waals surface area contributed by atoms with Gasteiger partial charge in [0.1, 0.15) is 5.75 Å². The second kappa shape index (κ2) is 7.26. The van der Waals surface area contributed by atoms with Crippen molar-refractivity contribution in [3.63, 3.8) is 0 Å². The third-order valence-corrected chi connectivity index (χ3v) is 4.10. The van der Waals surface area contributed by atoms with Gasteiger partial charge in [-0.05, 0) is 37.6 Å². The van der Waals surface area contributed by atoms with Gasteiger partial charge in [-0.2, -0.15) is 0 Å². The summed E-state index contributed by atoms with van der Waals surface area (Å²) in [6, 6.07) is 7.20. The van der Waals surface area contributed by atoms with Crippen molar-refractivity contribution in [3.8, 4) is 5.75 Å². The Morgan fingerprint density at radius 1 is 1.50 bits per heavy atom. The van der Waals surface area contributed by atoms with Crippen molar-refractivity contribution in [2.75, 3.05) is 20.2 Å². The predicted molar refractivity (Wildman–Crippen MR) is 81.6 cm³/mol. The molecule has 1 aromatic rings. The molecule has 0 radical (unpaired) electrons. The zero-order chi connectivity index (χ0) is 16.1. The molecule has 2 unspecified atom stereocenters. The second-order valence-electron chi connectivity index (χ2n) is 5.56. The van der Waals surface area contributed by atoms with Crippen LogP contribution in [0.1, 0.15) is 18.9 Å². The number of benzene rings is 1. The molecule has 1 saturated heterocycles. The van der Waals surface area contributed by atoms with E-state index in [0.717, 1.165) is 11.3 Å². The summed E-state index contributed by atoms with van der Waals surface area (Å²) in [7, 11) is 1.60. The summed E-state index contributed by atoms with van der Waals surface area (Å²) in [5, 5.41) is 11.9. The first-order chi connectivity index (χ1) is 10.5. The number of nitrogens with zero attached hydrogens (tertiary/aromatic N) is 1. The third-order valence-electron chi connectivity index (χ3n) is 4.10. The molecule has 0 saturated carbocycles. The van der Waals surface area contributed by atoms with Crippen LogP contribution in [0, 0.1) is 5.92 Å². The zero-order valence-corrected chi connectivity index (χ0v) is 12.9. The van der Waals surface area contributed by atoms with Gasteiger partial charge in [0.15, 0.2) is 0 Å². The molecular weight excluding hydrogens is 284 g/mol. The summed E-state index contributed by atoms with van der Waals surface area (Å²) in [6.45, 7) is 3.31. The molecule has 1 amide bonds. The smallest absolute Gasteiger partial charge is 0.307 e. The predicted octanol–water partition coefficient (Wildman–Crippen LogP) is 1.11. The fraction of sp³-hybridized carbons (Fsp3) is 0.500. The first-order valence-corrected chi connectivity index (χ1v) is 7.38. The van der Waals surface area contributed by atoms with Crippen LogP contribution in [0.15, 0.2) is 24.3 Å². The number of carbonyl (C=O) groups is 2. The summed E-state index contributed by atoms with van der Waals surface area (Å²) in [6.07, 6.45) is 0.600. The lowest BCUT2D eigenvalue weighted by Crippen LogP contribution is -2.44. The molecule has 1 aromatic carbocycles. The lowest BCUT2D eigenvalue weighted by molar-refractivity contribution is -0.141. The van der Waals surface area contributed by atoms with E-state index in [9.17, 15) is 9.59 Å². The lowest BCUT2D eigenvalue weighted by atomic mass is 10.1. The van der Waals surface area contributed by atoms with Crippen molar-refractivity contribution in [1.82, 2.24) is 10.2 Å². The van der Waals surface area contributed by atoms with Crippen LogP contribution in [-0.4, -0.2) is 48.1 Å². The molecule has 0 aromatic heterocycles. The molecule has 2 rings (SSSR count). The van der Waals surface area contributed by atoms with E-state index in [1.54, 1.807) is 7.11 Å².